The molecule has 3 aromatic rings. The Bertz CT molecular complexity index is 828. The Balaban J connectivity index is 1.80. The van der Waals surface area contributed by atoms with Gasteiger partial charge in [0.05, 0.1) is 19.4 Å². The largest absolute Gasteiger partial charge is 0.492 e. The van der Waals surface area contributed by atoms with Crippen LogP contribution in [0.25, 0.3) is 4.96 Å². The third-order valence-corrected chi connectivity index (χ3v) is 5.91. The van der Waals surface area contributed by atoms with E-state index in [1.165, 1.54) is 22.7 Å². The number of aromatic hydroxyl groups is 1. The Morgan fingerprint density at radius 3 is 2.75 bits per heavy atom. The fourth-order valence-corrected chi connectivity index (χ4v) is 5.24. The summed E-state index contributed by atoms with van der Waals surface area (Å²) in [6.07, 6.45) is 2.96. The summed E-state index contributed by atoms with van der Waals surface area (Å²) in [6, 6.07) is 3.90. The molecule has 4 rings (SSSR count). The molecule has 0 radical (unpaired) electrons. The number of furan rings is 1. The Kier molecular flexibility index (Phi) is 3.85. The normalized spacial score (nSPS) is 26.0. The van der Waals surface area contributed by atoms with E-state index < -0.39 is 0 Å². The lowest BCUT2D eigenvalue weighted by Crippen LogP contribution is -3.14. The van der Waals surface area contributed by atoms with Crippen molar-refractivity contribution in [2.75, 3.05) is 13.1 Å². The molecule has 128 valence electrons. The number of fused-ring (bicyclic) bond motifs is 1. The van der Waals surface area contributed by atoms with Gasteiger partial charge in [0.15, 0.2) is 11.8 Å². The lowest BCUT2D eigenvalue weighted by molar-refractivity contribution is -0.937. The molecule has 0 amide bonds. The van der Waals surface area contributed by atoms with E-state index in [-0.39, 0.29) is 11.9 Å². The molecular weight excluding hydrogens is 324 g/mol. The molecule has 1 aliphatic rings. The molecular formula is C17H23N4O2S+. The average Bonchev–Trinajstić information content (AvgIpc) is 3.20. The first-order chi connectivity index (χ1) is 11.5. The molecule has 6 nitrogen and oxygen atoms in total. The van der Waals surface area contributed by atoms with Gasteiger partial charge in [-0.1, -0.05) is 25.2 Å². The first-order valence-corrected chi connectivity index (χ1v) is 9.27. The summed E-state index contributed by atoms with van der Waals surface area (Å²) in [4.78, 5) is 7.46. The number of aromatic nitrogens is 3. The van der Waals surface area contributed by atoms with Crippen LogP contribution >= 0.6 is 11.3 Å². The summed E-state index contributed by atoms with van der Waals surface area (Å²) in [7, 11) is 0. The SMILES string of the molecule is Cc1nc2sc([C@H](c3ccco3)[NH+]3C[C@H](C)C[C@H](C)C3)c(O)n2n1. The van der Waals surface area contributed by atoms with Gasteiger partial charge in [-0.3, -0.25) is 0 Å². The third-order valence-electron chi connectivity index (χ3n) is 4.83. The third kappa shape index (κ3) is 2.61. The van der Waals surface area contributed by atoms with Crippen LogP contribution in [0.5, 0.6) is 5.88 Å². The molecule has 0 aliphatic carbocycles. The zero-order valence-electron chi connectivity index (χ0n) is 14.2. The molecule has 7 heteroatoms. The first kappa shape index (κ1) is 15.7. The molecule has 0 bridgehead atoms. The van der Waals surface area contributed by atoms with E-state index in [0.717, 1.165) is 28.7 Å². The first-order valence-electron chi connectivity index (χ1n) is 8.46. The number of quaternary nitrogens is 1. The van der Waals surface area contributed by atoms with Crippen LogP contribution in [-0.2, 0) is 0 Å². The highest BCUT2D eigenvalue weighted by atomic mass is 32.1. The highest BCUT2D eigenvalue weighted by molar-refractivity contribution is 7.17. The smallest absolute Gasteiger partial charge is 0.235 e. The average molecular weight is 347 g/mol. The van der Waals surface area contributed by atoms with E-state index in [0.29, 0.717) is 17.7 Å². The van der Waals surface area contributed by atoms with Crippen LogP contribution in [0.1, 0.15) is 42.8 Å². The van der Waals surface area contributed by atoms with Crippen molar-refractivity contribution in [1.82, 2.24) is 14.6 Å². The molecule has 1 fully saturated rings. The maximum absolute atomic E-state index is 10.8. The lowest BCUT2D eigenvalue weighted by atomic mass is 9.90. The number of nitrogens with zero attached hydrogens (tertiary/aromatic N) is 3. The van der Waals surface area contributed by atoms with Crippen molar-refractivity contribution in [3.63, 3.8) is 0 Å². The van der Waals surface area contributed by atoms with E-state index in [2.05, 4.69) is 23.9 Å². The van der Waals surface area contributed by atoms with Crippen molar-refractivity contribution < 1.29 is 14.4 Å². The predicted molar refractivity (Wildman–Crippen MR) is 91.5 cm³/mol. The number of hydrogen-bond donors (Lipinski definition) is 2. The Labute approximate surface area is 144 Å². The maximum Gasteiger partial charge on any atom is 0.235 e. The number of nitrogens with one attached hydrogen (secondary N) is 1. The molecule has 3 aromatic heterocycles. The van der Waals surface area contributed by atoms with E-state index >= 15 is 0 Å². The van der Waals surface area contributed by atoms with Crippen LogP contribution in [0.4, 0.5) is 0 Å². The molecule has 0 spiro atoms. The van der Waals surface area contributed by atoms with Crippen LogP contribution < -0.4 is 4.90 Å². The standard InChI is InChI=1S/C17H22N4O2S/c1-10-7-11(2)9-20(8-10)14(13-5-4-6-23-13)15-16(22)21-17(24-15)18-12(3)19-21/h4-6,10-11,14,22H,7-9H2,1-3H3/p+1/t10-,11+,14-/m0/s1. The Morgan fingerprint density at radius 2 is 2.12 bits per heavy atom. The summed E-state index contributed by atoms with van der Waals surface area (Å²) in [6.45, 7) is 8.59. The fourth-order valence-electron chi connectivity index (χ4n) is 4.08. The van der Waals surface area contributed by atoms with E-state index in [9.17, 15) is 5.11 Å². The second-order valence-corrected chi connectivity index (χ2v) is 8.11. The summed E-state index contributed by atoms with van der Waals surface area (Å²) >= 11 is 1.51. The van der Waals surface area contributed by atoms with E-state index in [1.54, 1.807) is 10.8 Å². The van der Waals surface area contributed by atoms with Gasteiger partial charge < -0.3 is 14.4 Å². The van der Waals surface area contributed by atoms with Crippen LogP contribution in [0.3, 0.4) is 0 Å². The molecule has 0 aromatic carbocycles. The van der Waals surface area contributed by atoms with Gasteiger partial charge in [0.2, 0.25) is 10.8 Å². The lowest BCUT2D eigenvalue weighted by Gasteiger charge is -2.35. The Morgan fingerprint density at radius 1 is 1.38 bits per heavy atom. The predicted octanol–water partition coefficient (Wildman–Crippen LogP) is 2.05. The molecule has 2 N–H and O–H groups in total. The number of rotatable bonds is 3. The number of likely N-dealkylation sites (tertiary alicyclic amines) is 1. The van der Waals surface area contributed by atoms with Gasteiger partial charge in [-0.25, -0.2) is 4.98 Å². The second kappa shape index (κ2) is 5.89. The number of aryl methyl sites for hydroxylation is 1. The summed E-state index contributed by atoms with van der Waals surface area (Å²) in [5.74, 6) is 3.07. The maximum atomic E-state index is 10.8. The molecule has 24 heavy (non-hydrogen) atoms. The molecule has 1 saturated heterocycles. The van der Waals surface area contributed by atoms with Crippen LogP contribution in [0.15, 0.2) is 22.8 Å². The van der Waals surface area contributed by atoms with Gasteiger partial charge in [-0.2, -0.15) is 4.52 Å². The number of hydrogen-bond acceptors (Lipinski definition) is 5. The van der Waals surface area contributed by atoms with Crippen LogP contribution in [-0.4, -0.2) is 32.8 Å². The number of thiazole rings is 1. The molecule has 4 atom stereocenters. The molecule has 4 heterocycles. The van der Waals surface area contributed by atoms with Crippen molar-refractivity contribution in [2.24, 2.45) is 11.8 Å². The molecule has 1 aliphatic heterocycles. The highest BCUT2D eigenvalue weighted by Crippen LogP contribution is 2.35. The van der Waals surface area contributed by atoms with E-state index in [4.69, 9.17) is 4.42 Å². The van der Waals surface area contributed by atoms with Crippen molar-refractivity contribution >= 4 is 16.3 Å². The van der Waals surface area contributed by atoms with Crippen LogP contribution in [0, 0.1) is 18.8 Å². The Hall–Kier alpha value is -1.86. The van der Waals surface area contributed by atoms with E-state index in [1.807, 2.05) is 19.1 Å². The highest BCUT2D eigenvalue weighted by Gasteiger charge is 2.38. The van der Waals surface area contributed by atoms with Gasteiger partial charge in [0.25, 0.3) is 0 Å². The topological polar surface area (TPSA) is 68.0 Å². The summed E-state index contributed by atoms with van der Waals surface area (Å²) < 4.78 is 7.29. The fraction of sp³-hybridized carbons (Fsp3) is 0.529. The summed E-state index contributed by atoms with van der Waals surface area (Å²) in [5.41, 5.74) is 0. The second-order valence-electron chi connectivity index (χ2n) is 7.10. The zero-order chi connectivity index (χ0) is 16.8. The van der Waals surface area contributed by atoms with Gasteiger partial charge in [-0.15, -0.1) is 5.10 Å². The minimum Gasteiger partial charge on any atom is -0.492 e. The van der Waals surface area contributed by atoms with Crippen molar-refractivity contribution in [2.45, 2.75) is 33.2 Å². The van der Waals surface area contributed by atoms with Crippen LogP contribution in [0.2, 0.25) is 0 Å². The minimum atomic E-state index is -0.0148. The van der Waals surface area contributed by atoms with Crippen molar-refractivity contribution in [3.05, 3.63) is 34.9 Å². The van der Waals surface area contributed by atoms with Gasteiger partial charge in [-0.05, 0) is 25.5 Å². The molecule has 0 saturated carbocycles. The molecule has 1 unspecified atom stereocenters. The van der Waals surface area contributed by atoms with Gasteiger partial charge >= 0.3 is 0 Å². The van der Waals surface area contributed by atoms with Crippen molar-refractivity contribution in [3.8, 4) is 5.88 Å². The summed E-state index contributed by atoms with van der Waals surface area (Å²) in [5, 5.41) is 15.0. The monoisotopic (exact) mass is 347 g/mol. The van der Waals surface area contributed by atoms with Crippen molar-refractivity contribution in [1.29, 1.82) is 0 Å². The van der Waals surface area contributed by atoms with Gasteiger partial charge in [0.1, 0.15) is 10.7 Å². The van der Waals surface area contributed by atoms with Gasteiger partial charge in [0, 0.05) is 11.8 Å². The quantitative estimate of drug-likeness (QED) is 0.761. The minimum absolute atomic E-state index is 0.0148. The number of piperidine rings is 1. The zero-order valence-corrected chi connectivity index (χ0v) is 15.0.